The molecule has 94 valence electrons. The van der Waals surface area contributed by atoms with E-state index in [0.29, 0.717) is 18.0 Å². The lowest BCUT2D eigenvalue weighted by molar-refractivity contribution is 0.124. The van der Waals surface area contributed by atoms with Gasteiger partial charge in [-0.05, 0) is 38.1 Å². The average Bonchev–Trinajstić information content (AvgIpc) is 2.80. The fraction of sp³-hybridized carbons (Fsp3) is 1.00. The van der Waals surface area contributed by atoms with Crippen LogP contribution in [-0.4, -0.2) is 31.6 Å². The Morgan fingerprint density at radius 1 is 1.12 bits per heavy atom. The molecule has 0 amide bonds. The lowest BCUT2D eigenvalue weighted by Gasteiger charge is -2.36. The van der Waals surface area contributed by atoms with Gasteiger partial charge in [-0.2, -0.15) is 0 Å². The van der Waals surface area contributed by atoms with Crippen LogP contribution in [0.15, 0.2) is 0 Å². The molecule has 0 spiro atoms. The van der Waals surface area contributed by atoms with Crippen molar-refractivity contribution in [3.63, 3.8) is 0 Å². The molecule has 2 fully saturated rings. The van der Waals surface area contributed by atoms with E-state index in [2.05, 4.69) is 10.6 Å². The van der Waals surface area contributed by atoms with E-state index in [-0.39, 0.29) is 6.54 Å². The Balaban J connectivity index is 1.85. The molecule has 3 unspecified atom stereocenters. The second-order valence-corrected chi connectivity index (χ2v) is 5.06. The van der Waals surface area contributed by atoms with E-state index in [0.717, 1.165) is 13.0 Å². The first-order valence-corrected chi connectivity index (χ1v) is 6.52. The summed E-state index contributed by atoms with van der Waals surface area (Å²) in [5, 5.41) is 6.57. The van der Waals surface area contributed by atoms with Crippen LogP contribution in [-0.2, 0) is 0 Å². The summed E-state index contributed by atoms with van der Waals surface area (Å²) in [7, 11) is 0. The molecule has 1 aliphatic carbocycles. The normalized spacial score (nSPS) is 35.8. The van der Waals surface area contributed by atoms with E-state index < -0.39 is 6.43 Å². The van der Waals surface area contributed by atoms with Gasteiger partial charge in [0.1, 0.15) is 0 Å². The monoisotopic (exact) mass is 232 g/mol. The molecule has 0 bridgehead atoms. The summed E-state index contributed by atoms with van der Waals surface area (Å²) in [6.45, 7) is 0.955. The number of nitrogens with one attached hydrogen (secondary N) is 2. The van der Waals surface area contributed by atoms with Gasteiger partial charge in [0.25, 0.3) is 6.43 Å². The topological polar surface area (TPSA) is 24.1 Å². The number of alkyl halides is 2. The first kappa shape index (κ1) is 12.2. The lowest BCUT2D eigenvalue weighted by atomic mass is 9.79. The highest BCUT2D eigenvalue weighted by Gasteiger charge is 2.33. The van der Waals surface area contributed by atoms with Gasteiger partial charge in [0.2, 0.25) is 0 Å². The highest BCUT2D eigenvalue weighted by atomic mass is 19.3. The van der Waals surface area contributed by atoms with Crippen molar-refractivity contribution in [2.45, 2.75) is 57.0 Å². The zero-order valence-corrected chi connectivity index (χ0v) is 9.72. The quantitative estimate of drug-likeness (QED) is 0.776. The summed E-state index contributed by atoms with van der Waals surface area (Å²) >= 11 is 0. The first-order valence-electron chi connectivity index (χ1n) is 6.52. The van der Waals surface area contributed by atoms with Crippen LogP contribution in [0.4, 0.5) is 8.78 Å². The zero-order valence-electron chi connectivity index (χ0n) is 9.72. The van der Waals surface area contributed by atoms with Crippen molar-refractivity contribution in [2.24, 2.45) is 5.92 Å². The first-order chi connectivity index (χ1) is 7.77. The maximum Gasteiger partial charge on any atom is 0.250 e. The SMILES string of the molecule is FC(F)CNC1CCCCC1C1CCCN1. The molecular weight excluding hydrogens is 210 g/mol. The smallest absolute Gasteiger partial charge is 0.250 e. The van der Waals surface area contributed by atoms with E-state index in [4.69, 9.17) is 0 Å². The van der Waals surface area contributed by atoms with Crippen LogP contribution in [0.25, 0.3) is 0 Å². The predicted molar refractivity (Wildman–Crippen MR) is 60.8 cm³/mol. The summed E-state index contributed by atoms with van der Waals surface area (Å²) in [5.41, 5.74) is 0. The Morgan fingerprint density at radius 3 is 2.62 bits per heavy atom. The van der Waals surface area contributed by atoms with Crippen molar-refractivity contribution in [1.29, 1.82) is 0 Å². The Bertz CT molecular complexity index is 205. The molecule has 3 atom stereocenters. The standard InChI is InChI=1S/C12H22F2N2/c13-12(14)8-16-11-5-2-1-4-9(11)10-6-3-7-15-10/h9-12,15-16H,1-8H2. The van der Waals surface area contributed by atoms with Crippen LogP contribution < -0.4 is 10.6 Å². The van der Waals surface area contributed by atoms with Crippen molar-refractivity contribution >= 4 is 0 Å². The van der Waals surface area contributed by atoms with Crippen molar-refractivity contribution < 1.29 is 8.78 Å². The second kappa shape index (κ2) is 5.92. The van der Waals surface area contributed by atoms with Crippen LogP contribution in [0.3, 0.4) is 0 Å². The van der Waals surface area contributed by atoms with Gasteiger partial charge in [0, 0.05) is 12.1 Å². The Kier molecular flexibility index (Phi) is 4.53. The molecule has 1 saturated carbocycles. The molecule has 2 rings (SSSR count). The van der Waals surface area contributed by atoms with E-state index in [1.165, 1.54) is 32.1 Å². The van der Waals surface area contributed by atoms with Gasteiger partial charge >= 0.3 is 0 Å². The molecule has 1 aliphatic heterocycles. The van der Waals surface area contributed by atoms with Crippen LogP contribution in [0, 0.1) is 5.92 Å². The van der Waals surface area contributed by atoms with E-state index in [1.807, 2.05) is 0 Å². The molecule has 1 saturated heterocycles. The number of hydrogen-bond acceptors (Lipinski definition) is 2. The Labute approximate surface area is 96.2 Å². The van der Waals surface area contributed by atoms with Gasteiger partial charge in [-0.25, -0.2) is 8.78 Å². The third-order valence-electron chi connectivity index (χ3n) is 3.97. The summed E-state index contributed by atoms with van der Waals surface area (Å²) in [6.07, 6.45) is 4.94. The van der Waals surface area contributed by atoms with Crippen LogP contribution in [0.2, 0.25) is 0 Å². The Hall–Kier alpha value is -0.220. The van der Waals surface area contributed by atoms with Crippen LogP contribution in [0.5, 0.6) is 0 Å². The minimum absolute atomic E-state index is 0.145. The van der Waals surface area contributed by atoms with Gasteiger partial charge in [-0.15, -0.1) is 0 Å². The van der Waals surface area contributed by atoms with E-state index >= 15 is 0 Å². The van der Waals surface area contributed by atoms with Gasteiger partial charge in [0.15, 0.2) is 0 Å². The molecule has 0 aromatic heterocycles. The number of halogens is 2. The van der Waals surface area contributed by atoms with E-state index in [9.17, 15) is 8.78 Å². The molecule has 1 heterocycles. The van der Waals surface area contributed by atoms with Gasteiger partial charge in [-0.1, -0.05) is 12.8 Å². The van der Waals surface area contributed by atoms with Crippen molar-refractivity contribution in [1.82, 2.24) is 10.6 Å². The maximum absolute atomic E-state index is 12.2. The Morgan fingerprint density at radius 2 is 1.94 bits per heavy atom. The molecule has 16 heavy (non-hydrogen) atoms. The van der Waals surface area contributed by atoms with Crippen LogP contribution in [0.1, 0.15) is 38.5 Å². The molecular formula is C12H22F2N2. The molecule has 0 aromatic rings. The minimum Gasteiger partial charge on any atom is -0.314 e. The highest BCUT2D eigenvalue weighted by molar-refractivity contribution is 4.91. The predicted octanol–water partition coefficient (Wildman–Crippen LogP) is 2.15. The number of hydrogen-bond donors (Lipinski definition) is 2. The minimum atomic E-state index is -2.22. The van der Waals surface area contributed by atoms with Crippen molar-refractivity contribution in [3.05, 3.63) is 0 Å². The zero-order chi connectivity index (χ0) is 11.4. The summed E-state index contributed by atoms with van der Waals surface area (Å²) in [5.74, 6) is 0.565. The van der Waals surface area contributed by atoms with Crippen molar-refractivity contribution in [3.8, 4) is 0 Å². The largest absolute Gasteiger partial charge is 0.314 e. The summed E-state index contributed by atoms with van der Waals surface area (Å²) in [4.78, 5) is 0. The molecule has 2 aliphatic rings. The van der Waals surface area contributed by atoms with Gasteiger partial charge in [0.05, 0.1) is 6.54 Å². The fourth-order valence-electron chi connectivity index (χ4n) is 3.21. The molecule has 2 nitrogen and oxygen atoms in total. The number of rotatable bonds is 4. The highest BCUT2D eigenvalue weighted by Crippen LogP contribution is 2.30. The molecule has 4 heteroatoms. The lowest BCUT2D eigenvalue weighted by Crippen LogP contribution is -2.48. The third-order valence-corrected chi connectivity index (χ3v) is 3.97. The maximum atomic E-state index is 12.2. The average molecular weight is 232 g/mol. The molecule has 2 N–H and O–H groups in total. The van der Waals surface area contributed by atoms with E-state index in [1.54, 1.807) is 0 Å². The van der Waals surface area contributed by atoms with Gasteiger partial charge < -0.3 is 10.6 Å². The summed E-state index contributed by atoms with van der Waals surface area (Å²) < 4.78 is 24.4. The summed E-state index contributed by atoms with van der Waals surface area (Å²) in [6, 6.07) is 0.869. The molecule has 0 aromatic carbocycles. The second-order valence-electron chi connectivity index (χ2n) is 5.06. The fourth-order valence-corrected chi connectivity index (χ4v) is 3.21. The third kappa shape index (κ3) is 3.14. The van der Waals surface area contributed by atoms with Gasteiger partial charge in [-0.3, -0.25) is 0 Å². The van der Waals surface area contributed by atoms with Crippen molar-refractivity contribution in [2.75, 3.05) is 13.1 Å². The molecule has 0 radical (unpaired) electrons. The van der Waals surface area contributed by atoms with Crippen LogP contribution >= 0.6 is 0 Å².